The van der Waals surface area contributed by atoms with Gasteiger partial charge >= 0.3 is 0 Å². The molecule has 1 aliphatic carbocycles. The quantitative estimate of drug-likeness (QED) is 0.181. The van der Waals surface area contributed by atoms with E-state index in [1.54, 1.807) is 6.07 Å². The van der Waals surface area contributed by atoms with E-state index in [1.165, 1.54) is 0 Å². The summed E-state index contributed by atoms with van der Waals surface area (Å²) in [6, 6.07) is 16.1. The van der Waals surface area contributed by atoms with Crippen molar-refractivity contribution in [2.45, 2.75) is 56.8 Å². The molecule has 3 aromatic rings. The van der Waals surface area contributed by atoms with E-state index in [1.807, 2.05) is 17.0 Å². The van der Waals surface area contributed by atoms with Crippen molar-refractivity contribution in [1.29, 1.82) is 0 Å². The predicted molar refractivity (Wildman–Crippen MR) is 167 cm³/mol. The second-order valence-corrected chi connectivity index (χ2v) is 12.5. The first kappa shape index (κ1) is 30.4. The minimum atomic E-state index is -0.716. The number of rotatable bonds is 10. The molecule has 5 nitrogen and oxygen atoms in total. The molecular formula is C33H32Cl3F2N3O2. The van der Waals surface area contributed by atoms with E-state index >= 15 is 0 Å². The molecule has 2 N–H and O–H groups in total. The third kappa shape index (κ3) is 6.71. The maximum atomic E-state index is 14.3. The second-order valence-electron chi connectivity index (χ2n) is 11.4. The first-order chi connectivity index (χ1) is 20.8. The lowest BCUT2D eigenvalue weighted by molar-refractivity contribution is -0.128. The summed E-state index contributed by atoms with van der Waals surface area (Å²) in [6.07, 6.45) is 3.98. The van der Waals surface area contributed by atoms with Gasteiger partial charge in [0, 0.05) is 37.3 Å². The van der Waals surface area contributed by atoms with Crippen LogP contribution in [0.5, 0.6) is 5.75 Å². The van der Waals surface area contributed by atoms with Gasteiger partial charge in [0.05, 0.1) is 22.7 Å². The average Bonchev–Trinajstić information content (AvgIpc) is 3.85. The number of nitrogens with zero attached hydrogens (tertiary/aromatic N) is 1. The Hall–Kier alpha value is -2.68. The van der Waals surface area contributed by atoms with E-state index in [2.05, 4.69) is 34.9 Å². The number of carbonyl (C=O) groups is 1. The molecule has 1 amide bonds. The zero-order chi connectivity index (χ0) is 30.1. The Kier molecular flexibility index (Phi) is 9.27. The summed E-state index contributed by atoms with van der Waals surface area (Å²) in [5.41, 5.74) is 4.85. The van der Waals surface area contributed by atoms with E-state index in [0.717, 1.165) is 65.8 Å². The number of hydrogen-bond donors (Lipinski definition) is 2. The van der Waals surface area contributed by atoms with Gasteiger partial charge in [-0.25, -0.2) is 8.78 Å². The molecule has 1 saturated heterocycles. The predicted octanol–water partition coefficient (Wildman–Crippen LogP) is 7.22. The van der Waals surface area contributed by atoms with Crippen molar-refractivity contribution >= 4 is 46.3 Å². The molecule has 0 radical (unpaired) electrons. The molecule has 43 heavy (non-hydrogen) atoms. The van der Waals surface area contributed by atoms with Crippen molar-refractivity contribution in [3.63, 3.8) is 0 Å². The number of ether oxygens (including phenoxy) is 1. The Bertz CT molecular complexity index is 1550. The van der Waals surface area contributed by atoms with Crippen LogP contribution in [0.2, 0.25) is 15.1 Å². The number of halogens is 5. The molecule has 2 heterocycles. The smallest absolute Gasteiger partial charge is 0.252 e. The number of piperazine rings is 1. The highest BCUT2D eigenvalue weighted by Gasteiger charge is 2.41. The van der Waals surface area contributed by atoms with Gasteiger partial charge in [0.1, 0.15) is 10.8 Å². The van der Waals surface area contributed by atoms with E-state index in [9.17, 15) is 13.6 Å². The summed E-state index contributed by atoms with van der Waals surface area (Å²) >= 11 is 18.7. The molecular weight excluding hydrogens is 615 g/mol. The van der Waals surface area contributed by atoms with Gasteiger partial charge in [0.2, 0.25) is 0 Å². The van der Waals surface area contributed by atoms with E-state index in [4.69, 9.17) is 39.5 Å². The van der Waals surface area contributed by atoms with Crippen LogP contribution in [0, 0.1) is 11.6 Å². The van der Waals surface area contributed by atoms with Crippen molar-refractivity contribution in [3.05, 3.63) is 104 Å². The summed E-state index contributed by atoms with van der Waals surface area (Å²) in [5, 5.41) is 7.77. The van der Waals surface area contributed by atoms with Gasteiger partial charge in [-0.05, 0) is 72.6 Å². The molecule has 0 unspecified atom stereocenters. The summed E-state index contributed by atoms with van der Waals surface area (Å²) in [6.45, 7) is 2.14. The normalized spacial score (nSPS) is 19.8. The summed E-state index contributed by atoms with van der Waals surface area (Å²) in [4.78, 5) is 16.3. The fourth-order valence-electron chi connectivity index (χ4n) is 5.96. The molecule has 2 fully saturated rings. The molecule has 2 aliphatic heterocycles. The van der Waals surface area contributed by atoms with Crippen LogP contribution in [0.3, 0.4) is 0 Å². The number of benzene rings is 3. The van der Waals surface area contributed by atoms with E-state index in [-0.39, 0.29) is 41.4 Å². The van der Waals surface area contributed by atoms with Gasteiger partial charge in [-0.1, -0.05) is 71.2 Å². The van der Waals surface area contributed by atoms with Crippen LogP contribution in [-0.2, 0) is 17.8 Å². The largest absolute Gasteiger partial charge is 0.489 e. The van der Waals surface area contributed by atoms with Crippen molar-refractivity contribution in [2.75, 3.05) is 19.7 Å². The molecule has 2 atom stereocenters. The Labute approximate surface area is 265 Å². The fourth-order valence-corrected chi connectivity index (χ4v) is 6.55. The minimum Gasteiger partial charge on any atom is -0.489 e. The molecule has 6 rings (SSSR count). The number of amides is 1. The lowest BCUT2D eigenvalue weighted by Gasteiger charge is -2.41. The molecule has 10 heteroatoms. The standard InChI is InChI=1S/C33H32Cl3F2N3O2/c34-25-5-1-4-21(30(25)35)18-41(23-10-11-23)33(42)29-24(15-22-16-39-17-28(29)40-22)20-8-6-19(7-9-20)3-2-14-43-32-27(38)13-12-26(37)31(32)36/h1,4-9,12-13,22-23,28,39-40H,2-3,10-11,14-18H2/t22-,28-/m0/s1. The highest BCUT2D eigenvalue weighted by atomic mass is 35.5. The van der Waals surface area contributed by atoms with E-state index in [0.29, 0.717) is 36.0 Å². The Morgan fingerprint density at radius 3 is 2.49 bits per heavy atom. The van der Waals surface area contributed by atoms with Gasteiger partial charge in [-0.15, -0.1) is 0 Å². The first-order valence-corrected chi connectivity index (χ1v) is 15.7. The number of nitrogens with one attached hydrogen (secondary N) is 2. The SMILES string of the molecule is O=C(C1=C(c2ccc(CCCOc3c(F)ccc(F)c3Cl)cc2)C[C@H]2CNC[C@@H]1N2)N(Cc1cccc(Cl)c1Cl)C1CC1. The third-order valence-electron chi connectivity index (χ3n) is 8.31. The van der Waals surface area contributed by atoms with Crippen LogP contribution in [-0.4, -0.2) is 48.6 Å². The van der Waals surface area contributed by atoms with Crippen LogP contribution in [0.1, 0.15) is 42.4 Å². The van der Waals surface area contributed by atoms with Crippen molar-refractivity contribution in [3.8, 4) is 5.75 Å². The molecule has 3 aliphatic rings. The maximum absolute atomic E-state index is 14.3. The Morgan fingerprint density at radius 2 is 1.72 bits per heavy atom. The van der Waals surface area contributed by atoms with Gasteiger partial charge < -0.3 is 20.3 Å². The highest BCUT2D eigenvalue weighted by molar-refractivity contribution is 6.42. The summed E-state index contributed by atoms with van der Waals surface area (Å²) in [5.74, 6) is -1.62. The highest BCUT2D eigenvalue weighted by Crippen LogP contribution is 2.38. The second kappa shape index (κ2) is 13.1. The minimum absolute atomic E-state index is 0.0395. The number of hydrogen-bond acceptors (Lipinski definition) is 4. The zero-order valence-electron chi connectivity index (χ0n) is 23.4. The molecule has 3 aromatic carbocycles. The summed E-state index contributed by atoms with van der Waals surface area (Å²) in [7, 11) is 0. The Morgan fingerprint density at radius 1 is 0.953 bits per heavy atom. The van der Waals surface area contributed by atoms with Crippen LogP contribution in [0.25, 0.3) is 5.57 Å². The van der Waals surface area contributed by atoms with Gasteiger partial charge in [0.15, 0.2) is 11.6 Å². The molecule has 2 bridgehead atoms. The first-order valence-electron chi connectivity index (χ1n) is 14.6. The van der Waals surface area contributed by atoms with Crippen molar-refractivity contribution in [1.82, 2.24) is 15.5 Å². The van der Waals surface area contributed by atoms with Crippen LogP contribution >= 0.6 is 34.8 Å². The topological polar surface area (TPSA) is 53.6 Å². The van der Waals surface area contributed by atoms with Crippen molar-refractivity contribution < 1.29 is 18.3 Å². The zero-order valence-corrected chi connectivity index (χ0v) is 25.7. The molecule has 226 valence electrons. The molecule has 1 saturated carbocycles. The fraction of sp³-hybridized carbons (Fsp3) is 0.364. The lowest BCUT2D eigenvalue weighted by atomic mass is 9.83. The van der Waals surface area contributed by atoms with E-state index < -0.39 is 11.6 Å². The third-order valence-corrected chi connectivity index (χ3v) is 9.52. The average molecular weight is 647 g/mol. The summed E-state index contributed by atoms with van der Waals surface area (Å²) < 4.78 is 33.1. The van der Waals surface area contributed by atoms with Gasteiger partial charge in [0.25, 0.3) is 5.91 Å². The maximum Gasteiger partial charge on any atom is 0.252 e. The van der Waals surface area contributed by atoms with Gasteiger partial charge in [-0.3, -0.25) is 4.79 Å². The van der Waals surface area contributed by atoms with Gasteiger partial charge in [-0.2, -0.15) is 0 Å². The monoisotopic (exact) mass is 645 g/mol. The lowest BCUT2D eigenvalue weighted by Crippen LogP contribution is -2.60. The molecule has 0 spiro atoms. The number of aryl methyl sites for hydroxylation is 1. The molecule has 0 aromatic heterocycles. The van der Waals surface area contributed by atoms with Crippen LogP contribution < -0.4 is 15.4 Å². The van der Waals surface area contributed by atoms with Crippen LogP contribution in [0.4, 0.5) is 8.78 Å². The number of fused-ring (bicyclic) bond motifs is 2. The van der Waals surface area contributed by atoms with Crippen LogP contribution in [0.15, 0.2) is 60.2 Å². The number of carbonyl (C=O) groups excluding carboxylic acids is 1. The van der Waals surface area contributed by atoms with Crippen molar-refractivity contribution in [2.24, 2.45) is 0 Å². The Balaban J connectivity index is 1.20.